The molecule has 8 unspecified atom stereocenters. The lowest BCUT2D eigenvalue weighted by atomic mass is 9.48. The highest BCUT2D eigenvalue weighted by atomic mass is 16.4. The maximum Gasteiger partial charge on any atom is 0.307 e. The summed E-state index contributed by atoms with van der Waals surface area (Å²) in [6, 6.07) is 0. The minimum atomic E-state index is -1.40. The Morgan fingerprint density at radius 3 is 0.955 bits per heavy atom. The van der Waals surface area contributed by atoms with Gasteiger partial charge in [-0.1, -0.05) is 0 Å². The molecule has 0 spiro atoms. The quantitative estimate of drug-likeness (QED) is 0.421. The molecule has 3 aliphatic carbocycles. The molecule has 0 aromatic carbocycles. The van der Waals surface area contributed by atoms with Crippen molar-refractivity contribution in [3.05, 3.63) is 0 Å². The number of rotatable bonds is 4. The zero-order chi connectivity index (χ0) is 16.5. The van der Waals surface area contributed by atoms with Crippen molar-refractivity contribution < 1.29 is 44.7 Å². The number of fused-ring (bicyclic) bond motifs is 5. The topological polar surface area (TPSA) is 169 Å². The number of carboxylic acid groups (broad SMARTS) is 4. The van der Waals surface area contributed by atoms with Crippen molar-refractivity contribution in [1.29, 1.82) is 0 Å². The number of aliphatic hydroxyl groups is 1. The summed E-state index contributed by atoms with van der Waals surface area (Å²) in [5, 5.41) is 47.2. The van der Waals surface area contributed by atoms with E-state index in [9.17, 15) is 44.7 Å². The molecule has 9 nitrogen and oxygen atoms in total. The predicted octanol–water partition coefficient (Wildman–Crippen LogP) is -1.34. The highest BCUT2D eigenvalue weighted by molar-refractivity contribution is 5.86. The molecule has 3 aliphatic rings. The van der Waals surface area contributed by atoms with Crippen LogP contribution in [0, 0.1) is 47.3 Å². The van der Waals surface area contributed by atoms with Crippen LogP contribution in [0.25, 0.3) is 0 Å². The Balaban J connectivity index is 2.05. The average molecular weight is 314 g/mol. The largest absolute Gasteiger partial charge is 0.481 e. The number of carboxylic acids is 4. The summed E-state index contributed by atoms with van der Waals surface area (Å²) in [5.74, 6) is -14.6. The van der Waals surface area contributed by atoms with Crippen LogP contribution in [0.2, 0.25) is 0 Å². The van der Waals surface area contributed by atoms with E-state index < -0.39 is 77.3 Å². The standard InChI is InChI=1S/C13H14O9/c14-9-3-1-2(6(11(17)18)5(1)10(15)16)4(9)8(13(21)22)7(3)12(19)20/h1-9,14H,(H,15,16)(H,17,18)(H,19,20)(H,21,22). The molecule has 0 aromatic rings. The highest BCUT2D eigenvalue weighted by Gasteiger charge is 2.77. The maximum absolute atomic E-state index is 11.4. The molecular formula is C13H14O9. The fourth-order valence-corrected chi connectivity index (χ4v) is 5.17. The van der Waals surface area contributed by atoms with E-state index in [2.05, 4.69) is 0 Å². The van der Waals surface area contributed by atoms with Gasteiger partial charge in [0.1, 0.15) is 0 Å². The molecule has 9 heteroatoms. The van der Waals surface area contributed by atoms with Gasteiger partial charge in [-0.2, -0.15) is 0 Å². The highest BCUT2D eigenvalue weighted by Crippen LogP contribution is 2.69. The molecule has 3 saturated carbocycles. The summed E-state index contributed by atoms with van der Waals surface area (Å²) in [6.07, 6.45) is -1.30. The first kappa shape index (κ1) is 14.8. The third kappa shape index (κ3) is 1.51. The van der Waals surface area contributed by atoms with Crippen molar-refractivity contribution in [2.75, 3.05) is 0 Å². The number of aliphatic carboxylic acids is 4. The molecule has 3 fully saturated rings. The van der Waals surface area contributed by atoms with Crippen molar-refractivity contribution in [3.63, 3.8) is 0 Å². The normalized spacial score (nSPS) is 48.3. The van der Waals surface area contributed by atoms with Gasteiger partial charge in [0.2, 0.25) is 0 Å². The van der Waals surface area contributed by atoms with Gasteiger partial charge in [-0.05, 0) is 11.8 Å². The second kappa shape index (κ2) is 4.42. The number of hydrogen-bond donors (Lipinski definition) is 5. The molecule has 0 aromatic heterocycles. The van der Waals surface area contributed by atoms with Crippen LogP contribution in [-0.2, 0) is 19.2 Å². The number of carbonyl (C=O) groups is 4. The lowest BCUT2D eigenvalue weighted by molar-refractivity contribution is -0.190. The van der Waals surface area contributed by atoms with Gasteiger partial charge < -0.3 is 25.5 Å². The van der Waals surface area contributed by atoms with Gasteiger partial charge in [-0.25, -0.2) is 0 Å². The Morgan fingerprint density at radius 1 is 0.500 bits per heavy atom. The van der Waals surface area contributed by atoms with E-state index in [4.69, 9.17) is 0 Å². The molecule has 0 aliphatic heterocycles. The first-order chi connectivity index (χ1) is 10.2. The van der Waals surface area contributed by atoms with Crippen molar-refractivity contribution in [2.24, 2.45) is 47.3 Å². The van der Waals surface area contributed by atoms with Gasteiger partial charge in [-0.3, -0.25) is 19.2 Å². The van der Waals surface area contributed by atoms with E-state index >= 15 is 0 Å². The van der Waals surface area contributed by atoms with E-state index in [1.54, 1.807) is 0 Å². The SMILES string of the molecule is O=C(O)C1C(C(=O)O)C2C(O)C1C1C(C(=O)O)C(C(=O)O)C21. The molecule has 120 valence electrons. The summed E-state index contributed by atoms with van der Waals surface area (Å²) in [5.41, 5.74) is 0. The predicted molar refractivity (Wildman–Crippen MR) is 64.5 cm³/mol. The fourth-order valence-electron chi connectivity index (χ4n) is 5.17. The zero-order valence-corrected chi connectivity index (χ0v) is 11.1. The van der Waals surface area contributed by atoms with Crippen LogP contribution in [0.5, 0.6) is 0 Å². The molecule has 0 heterocycles. The minimum Gasteiger partial charge on any atom is -0.481 e. The maximum atomic E-state index is 11.4. The second-order valence-corrected chi connectivity index (χ2v) is 6.26. The van der Waals surface area contributed by atoms with Gasteiger partial charge in [0, 0.05) is 11.8 Å². The van der Waals surface area contributed by atoms with Gasteiger partial charge in [0.15, 0.2) is 0 Å². The smallest absolute Gasteiger partial charge is 0.307 e. The van der Waals surface area contributed by atoms with Crippen LogP contribution in [0.3, 0.4) is 0 Å². The third-order valence-corrected chi connectivity index (χ3v) is 5.70. The zero-order valence-electron chi connectivity index (χ0n) is 11.1. The lowest BCUT2D eigenvalue weighted by Crippen LogP contribution is -2.60. The van der Waals surface area contributed by atoms with Crippen LogP contribution >= 0.6 is 0 Å². The number of aliphatic hydroxyl groups excluding tert-OH is 1. The van der Waals surface area contributed by atoms with E-state index in [0.29, 0.717) is 0 Å². The molecule has 5 N–H and O–H groups in total. The summed E-state index contributed by atoms with van der Waals surface area (Å²) in [6.45, 7) is 0. The molecule has 22 heavy (non-hydrogen) atoms. The molecule has 0 radical (unpaired) electrons. The van der Waals surface area contributed by atoms with E-state index in [-0.39, 0.29) is 0 Å². The molecule has 2 bridgehead atoms. The van der Waals surface area contributed by atoms with E-state index in [1.165, 1.54) is 0 Å². The molecular weight excluding hydrogens is 300 g/mol. The van der Waals surface area contributed by atoms with Crippen molar-refractivity contribution >= 4 is 23.9 Å². The van der Waals surface area contributed by atoms with Crippen molar-refractivity contribution in [3.8, 4) is 0 Å². The monoisotopic (exact) mass is 314 g/mol. The number of hydrogen-bond acceptors (Lipinski definition) is 5. The molecule has 8 atom stereocenters. The van der Waals surface area contributed by atoms with Crippen LogP contribution in [0.4, 0.5) is 0 Å². The van der Waals surface area contributed by atoms with Gasteiger partial charge >= 0.3 is 23.9 Å². The van der Waals surface area contributed by atoms with Crippen LogP contribution in [-0.4, -0.2) is 55.5 Å². The average Bonchev–Trinajstić information content (AvgIpc) is 2.73. The van der Waals surface area contributed by atoms with Crippen LogP contribution in [0.1, 0.15) is 0 Å². The summed E-state index contributed by atoms with van der Waals surface area (Å²) >= 11 is 0. The van der Waals surface area contributed by atoms with Gasteiger partial charge in [0.25, 0.3) is 0 Å². The summed E-state index contributed by atoms with van der Waals surface area (Å²) in [4.78, 5) is 45.4. The summed E-state index contributed by atoms with van der Waals surface area (Å²) < 4.78 is 0. The Bertz CT molecular complexity index is 534. The Hall–Kier alpha value is -2.16. The third-order valence-electron chi connectivity index (χ3n) is 5.70. The van der Waals surface area contributed by atoms with Crippen LogP contribution < -0.4 is 0 Å². The van der Waals surface area contributed by atoms with Crippen molar-refractivity contribution in [1.82, 2.24) is 0 Å². The Labute approximate surface area is 123 Å². The molecule has 3 rings (SSSR count). The van der Waals surface area contributed by atoms with E-state index in [0.717, 1.165) is 0 Å². The molecule has 0 saturated heterocycles. The Kier molecular flexibility index (Phi) is 2.96. The molecule has 0 amide bonds. The Morgan fingerprint density at radius 2 is 0.727 bits per heavy atom. The van der Waals surface area contributed by atoms with Crippen LogP contribution in [0.15, 0.2) is 0 Å². The first-order valence-corrected chi connectivity index (χ1v) is 6.79. The van der Waals surface area contributed by atoms with Gasteiger partial charge in [-0.15, -0.1) is 0 Å². The summed E-state index contributed by atoms with van der Waals surface area (Å²) in [7, 11) is 0. The minimum absolute atomic E-state index is 0.810. The first-order valence-electron chi connectivity index (χ1n) is 6.79. The van der Waals surface area contributed by atoms with Crippen molar-refractivity contribution in [2.45, 2.75) is 6.10 Å². The lowest BCUT2D eigenvalue weighted by Gasteiger charge is -2.52. The fraction of sp³-hybridized carbons (Fsp3) is 0.692. The second-order valence-electron chi connectivity index (χ2n) is 6.26. The van der Waals surface area contributed by atoms with E-state index in [1.807, 2.05) is 0 Å². The van der Waals surface area contributed by atoms with Gasteiger partial charge in [0.05, 0.1) is 29.8 Å².